The van der Waals surface area contributed by atoms with Crippen LogP contribution in [0, 0.1) is 5.82 Å². The number of aromatic nitrogens is 1. The standard InChI is InChI=1S/C16H14FNO2S/c1-21(19,20)16(13-5-3-2-4-6-13)18-10-9-12-7-8-14(17)11-15(12)18/h2-11,16H,1H3. The Kier molecular flexibility index (Phi) is 3.29. The average Bonchev–Trinajstić information content (AvgIpc) is 2.82. The lowest BCUT2D eigenvalue weighted by Gasteiger charge is -2.19. The fraction of sp³-hybridized carbons (Fsp3) is 0.125. The molecule has 5 heteroatoms. The molecule has 108 valence electrons. The molecule has 0 saturated carbocycles. The number of nitrogens with zero attached hydrogens (tertiary/aromatic N) is 1. The van der Waals surface area contributed by atoms with Gasteiger partial charge in [0.15, 0.2) is 15.2 Å². The minimum Gasteiger partial charge on any atom is -0.326 e. The molecule has 0 fully saturated rings. The normalized spacial score (nSPS) is 13.4. The van der Waals surface area contributed by atoms with Crippen molar-refractivity contribution in [3.63, 3.8) is 0 Å². The van der Waals surface area contributed by atoms with Crippen molar-refractivity contribution >= 4 is 20.7 Å². The second kappa shape index (κ2) is 5.00. The molecule has 3 rings (SSSR count). The van der Waals surface area contributed by atoms with Gasteiger partial charge < -0.3 is 4.57 Å². The first-order valence-corrected chi connectivity index (χ1v) is 8.42. The molecule has 0 amide bonds. The molecule has 3 nitrogen and oxygen atoms in total. The monoisotopic (exact) mass is 303 g/mol. The van der Waals surface area contributed by atoms with E-state index >= 15 is 0 Å². The average molecular weight is 303 g/mol. The van der Waals surface area contributed by atoms with Gasteiger partial charge in [-0.05, 0) is 35.2 Å². The highest BCUT2D eigenvalue weighted by atomic mass is 32.2. The maximum absolute atomic E-state index is 13.5. The van der Waals surface area contributed by atoms with Crippen LogP contribution in [0.15, 0.2) is 60.8 Å². The van der Waals surface area contributed by atoms with Gasteiger partial charge in [-0.15, -0.1) is 0 Å². The first-order chi connectivity index (χ1) is 9.97. The van der Waals surface area contributed by atoms with Crippen LogP contribution in [-0.2, 0) is 9.84 Å². The minimum absolute atomic E-state index is 0.386. The van der Waals surface area contributed by atoms with Gasteiger partial charge in [0.25, 0.3) is 0 Å². The van der Waals surface area contributed by atoms with Crippen LogP contribution in [0.1, 0.15) is 10.9 Å². The van der Waals surface area contributed by atoms with Crippen LogP contribution in [0.25, 0.3) is 10.9 Å². The number of sulfone groups is 1. The summed E-state index contributed by atoms with van der Waals surface area (Å²) in [6, 6.07) is 15.1. The van der Waals surface area contributed by atoms with Crippen molar-refractivity contribution in [2.45, 2.75) is 5.37 Å². The molecule has 1 unspecified atom stereocenters. The molecule has 0 bridgehead atoms. The molecule has 0 radical (unpaired) electrons. The number of rotatable bonds is 3. The van der Waals surface area contributed by atoms with Gasteiger partial charge in [0.05, 0.1) is 5.52 Å². The molecule has 21 heavy (non-hydrogen) atoms. The fourth-order valence-electron chi connectivity index (χ4n) is 2.56. The van der Waals surface area contributed by atoms with Gasteiger partial charge in [-0.25, -0.2) is 12.8 Å². The van der Waals surface area contributed by atoms with Crippen LogP contribution in [0.4, 0.5) is 4.39 Å². The van der Waals surface area contributed by atoms with Crippen LogP contribution >= 0.6 is 0 Å². The van der Waals surface area contributed by atoms with E-state index < -0.39 is 15.2 Å². The number of hydrogen-bond donors (Lipinski definition) is 0. The van der Waals surface area contributed by atoms with E-state index in [2.05, 4.69) is 0 Å². The summed E-state index contributed by atoms with van der Waals surface area (Å²) in [5, 5.41) is -0.0565. The summed E-state index contributed by atoms with van der Waals surface area (Å²) in [4.78, 5) is 0. The zero-order chi connectivity index (χ0) is 15.0. The maximum atomic E-state index is 13.5. The van der Waals surface area contributed by atoms with Crippen molar-refractivity contribution in [1.82, 2.24) is 4.57 Å². The van der Waals surface area contributed by atoms with E-state index in [9.17, 15) is 12.8 Å². The largest absolute Gasteiger partial charge is 0.326 e. The van der Waals surface area contributed by atoms with Crippen molar-refractivity contribution in [1.29, 1.82) is 0 Å². The Morgan fingerprint density at radius 2 is 1.76 bits per heavy atom. The van der Waals surface area contributed by atoms with E-state index in [1.54, 1.807) is 47.2 Å². The molecular formula is C16H14FNO2S. The molecule has 3 aromatic rings. The number of fused-ring (bicyclic) bond motifs is 1. The molecule has 1 aromatic heterocycles. The molecule has 1 heterocycles. The van der Waals surface area contributed by atoms with Crippen molar-refractivity contribution in [2.24, 2.45) is 0 Å². The Morgan fingerprint density at radius 1 is 1.05 bits per heavy atom. The smallest absolute Gasteiger partial charge is 0.173 e. The lowest BCUT2D eigenvalue weighted by Crippen LogP contribution is -2.19. The predicted octanol–water partition coefficient (Wildman–Crippen LogP) is 3.37. The molecule has 1 atom stereocenters. The molecule has 0 aliphatic heterocycles. The molecular weight excluding hydrogens is 289 g/mol. The lowest BCUT2D eigenvalue weighted by molar-refractivity contribution is 0.577. The summed E-state index contributed by atoms with van der Waals surface area (Å²) < 4.78 is 39.6. The Morgan fingerprint density at radius 3 is 2.43 bits per heavy atom. The van der Waals surface area contributed by atoms with Gasteiger partial charge in [-0.1, -0.05) is 30.3 Å². The highest BCUT2D eigenvalue weighted by Gasteiger charge is 2.25. The summed E-state index contributed by atoms with van der Waals surface area (Å²) in [5.41, 5.74) is 1.22. The topological polar surface area (TPSA) is 39.1 Å². The quantitative estimate of drug-likeness (QED) is 0.744. The second-order valence-corrected chi connectivity index (χ2v) is 7.12. The molecule has 0 aliphatic rings. The Labute approximate surface area is 122 Å². The van der Waals surface area contributed by atoms with Crippen molar-refractivity contribution in [2.75, 3.05) is 6.26 Å². The van der Waals surface area contributed by atoms with Gasteiger partial charge in [-0.2, -0.15) is 0 Å². The maximum Gasteiger partial charge on any atom is 0.173 e. The highest BCUT2D eigenvalue weighted by molar-refractivity contribution is 7.90. The van der Waals surface area contributed by atoms with Crippen LogP contribution in [0.2, 0.25) is 0 Å². The summed E-state index contributed by atoms with van der Waals surface area (Å²) in [6.07, 6.45) is 2.87. The van der Waals surface area contributed by atoms with Crippen molar-refractivity contribution in [3.8, 4) is 0 Å². The molecule has 0 saturated heterocycles. The van der Waals surface area contributed by atoms with E-state index in [1.165, 1.54) is 18.4 Å². The highest BCUT2D eigenvalue weighted by Crippen LogP contribution is 2.29. The van der Waals surface area contributed by atoms with E-state index in [-0.39, 0.29) is 5.82 Å². The first-order valence-electron chi connectivity index (χ1n) is 6.47. The van der Waals surface area contributed by atoms with Gasteiger partial charge in [0, 0.05) is 12.5 Å². The van der Waals surface area contributed by atoms with Gasteiger partial charge in [0.1, 0.15) is 5.82 Å². The zero-order valence-electron chi connectivity index (χ0n) is 11.4. The minimum atomic E-state index is -3.40. The lowest BCUT2D eigenvalue weighted by atomic mass is 10.2. The van der Waals surface area contributed by atoms with Gasteiger partial charge >= 0.3 is 0 Å². The SMILES string of the molecule is CS(=O)(=O)C(c1ccccc1)n1ccc2ccc(F)cc21. The third kappa shape index (κ3) is 2.56. The predicted molar refractivity (Wildman–Crippen MR) is 81.3 cm³/mol. The van der Waals surface area contributed by atoms with Crippen molar-refractivity contribution in [3.05, 3.63) is 72.2 Å². The van der Waals surface area contributed by atoms with Crippen LogP contribution in [-0.4, -0.2) is 19.2 Å². The van der Waals surface area contributed by atoms with E-state index in [0.29, 0.717) is 11.1 Å². The molecule has 2 aromatic carbocycles. The van der Waals surface area contributed by atoms with Crippen molar-refractivity contribution < 1.29 is 12.8 Å². The molecule has 0 N–H and O–H groups in total. The van der Waals surface area contributed by atoms with E-state index in [4.69, 9.17) is 0 Å². The molecule has 0 spiro atoms. The van der Waals surface area contributed by atoms with Gasteiger partial charge in [0.2, 0.25) is 0 Å². The number of halogens is 1. The first kappa shape index (κ1) is 13.8. The van der Waals surface area contributed by atoms with Gasteiger partial charge in [-0.3, -0.25) is 0 Å². The van der Waals surface area contributed by atoms with Crippen LogP contribution < -0.4 is 0 Å². The Hall–Kier alpha value is -2.14. The number of hydrogen-bond acceptors (Lipinski definition) is 2. The fourth-order valence-corrected chi connectivity index (χ4v) is 3.81. The van der Waals surface area contributed by atoms with Crippen LogP contribution in [0.3, 0.4) is 0 Å². The third-order valence-electron chi connectivity index (χ3n) is 3.43. The molecule has 0 aliphatic carbocycles. The summed E-state index contributed by atoms with van der Waals surface area (Å²) in [7, 11) is -3.40. The Bertz CT molecular complexity index is 885. The van der Waals surface area contributed by atoms with Crippen LogP contribution in [0.5, 0.6) is 0 Å². The summed E-state index contributed by atoms with van der Waals surface area (Å²) in [6.45, 7) is 0. The Balaban J connectivity index is 2.27. The second-order valence-electron chi connectivity index (χ2n) is 5.02. The van der Waals surface area contributed by atoms with E-state index in [0.717, 1.165) is 5.39 Å². The number of benzene rings is 2. The van der Waals surface area contributed by atoms with E-state index in [1.807, 2.05) is 6.07 Å². The third-order valence-corrected chi connectivity index (χ3v) is 4.74. The summed E-state index contributed by atoms with van der Waals surface area (Å²) in [5.74, 6) is -0.386. The summed E-state index contributed by atoms with van der Waals surface area (Å²) >= 11 is 0. The zero-order valence-corrected chi connectivity index (χ0v) is 12.2.